The molecular formula is C37H56O5. The summed E-state index contributed by atoms with van der Waals surface area (Å²) in [5.74, 6) is 2.12. The van der Waals surface area contributed by atoms with E-state index in [4.69, 9.17) is 14.2 Å². The summed E-state index contributed by atoms with van der Waals surface area (Å²) in [6, 6.07) is 4.43. The maximum Gasteiger partial charge on any atom is 0.309 e. The van der Waals surface area contributed by atoms with Crippen LogP contribution in [0.2, 0.25) is 0 Å². The number of carboxylic acids is 1. The molecule has 1 aromatic rings. The van der Waals surface area contributed by atoms with Gasteiger partial charge in [-0.05, 0) is 133 Å². The second-order valence-electron chi connectivity index (χ2n) is 12.8. The van der Waals surface area contributed by atoms with Crippen molar-refractivity contribution in [3.8, 4) is 11.5 Å². The molecule has 0 amide bonds. The van der Waals surface area contributed by atoms with Gasteiger partial charge in [0.15, 0.2) is 0 Å². The van der Waals surface area contributed by atoms with Crippen molar-refractivity contribution in [1.82, 2.24) is 0 Å². The lowest BCUT2D eigenvalue weighted by molar-refractivity contribution is -0.150. The average molecular weight is 581 g/mol. The Kier molecular flexibility index (Phi) is 12.8. The van der Waals surface area contributed by atoms with Crippen molar-refractivity contribution in [3.05, 3.63) is 53.6 Å². The molecule has 0 aromatic heterocycles. The molecule has 5 nitrogen and oxygen atoms in total. The van der Waals surface area contributed by atoms with Crippen LogP contribution in [0.5, 0.6) is 11.5 Å². The van der Waals surface area contributed by atoms with E-state index >= 15 is 0 Å². The topological polar surface area (TPSA) is 65.0 Å². The summed E-state index contributed by atoms with van der Waals surface area (Å²) in [7, 11) is 1.85. The van der Waals surface area contributed by atoms with E-state index in [2.05, 4.69) is 50.8 Å². The van der Waals surface area contributed by atoms with Crippen LogP contribution in [-0.4, -0.2) is 37.0 Å². The van der Waals surface area contributed by atoms with Crippen LogP contribution < -0.4 is 9.47 Å². The van der Waals surface area contributed by atoms with Gasteiger partial charge >= 0.3 is 5.97 Å². The van der Waals surface area contributed by atoms with Crippen molar-refractivity contribution in [1.29, 1.82) is 0 Å². The highest BCUT2D eigenvalue weighted by molar-refractivity contribution is 5.82. The van der Waals surface area contributed by atoms with Gasteiger partial charge in [-0.15, -0.1) is 0 Å². The summed E-state index contributed by atoms with van der Waals surface area (Å²) >= 11 is 0. The minimum absolute atomic E-state index is 0.155. The second kappa shape index (κ2) is 15.8. The predicted molar refractivity (Wildman–Crippen MR) is 173 cm³/mol. The first-order valence-corrected chi connectivity index (χ1v) is 16.4. The fourth-order valence-corrected chi connectivity index (χ4v) is 6.98. The Bertz CT molecular complexity index is 1080. The van der Waals surface area contributed by atoms with E-state index < -0.39 is 11.4 Å². The van der Waals surface area contributed by atoms with Crippen molar-refractivity contribution in [2.24, 2.45) is 17.3 Å². The molecule has 2 unspecified atom stereocenters. The molecule has 0 heterocycles. The van der Waals surface area contributed by atoms with Gasteiger partial charge in [-0.2, -0.15) is 0 Å². The van der Waals surface area contributed by atoms with Gasteiger partial charge in [0, 0.05) is 7.11 Å². The Morgan fingerprint density at radius 3 is 2.24 bits per heavy atom. The summed E-state index contributed by atoms with van der Waals surface area (Å²) in [5.41, 5.74) is 3.93. The summed E-state index contributed by atoms with van der Waals surface area (Å²) in [5, 5.41) is 9.60. The van der Waals surface area contributed by atoms with Crippen LogP contribution in [0.1, 0.15) is 116 Å². The molecule has 3 rings (SSSR count). The molecule has 5 heteroatoms. The third kappa shape index (κ3) is 8.52. The number of allylic oxidation sites excluding steroid dienone is 4. The van der Waals surface area contributed by atoms with Crippen LogP contribution in [-0.2, 0) is 16.0 Å². The van der Waals surface area contributed by atoms with Gasteiger partial charge in [0.2, 0.25) is 0 Å². The minimum atomic E-state index is -0.666. The molecular weight excluding hydrogens is 524 g/mol. The maximum atomic E-state index is 11.7. The lowest BCUT2D eigenvalue weighted by Crippen LogP contribution is -2.34. The Balaban J connectivity index is 1.68. The maximum absolute atomic E-state index is 11.7. The smallest absolute Gasteiger partial charge is 0.309 e. The normalized spacial score (nSPS) is 26.5. The van der Waals surface area contributed by atoms with Crippen LogP contribution in [0, 0.1) is 17.3 Å². The van der Waals surface area contributed by atoms with Crippen LogP contribution in [0.3, 0.4) is 0 Å². The van der Waals surface area contributed by atoms with E-state index in [0.717, 1.165) is 99.7 Å². The van der Waals surface area contributed by atoms with Crippen molar-refractivity contribution in [2.45, 2.75) is 117 Å². The Hall–Kier alpha value is -2.53. The van der Waals surface area contributed by atoms with Crippen molar-refractivity contribution in [2.75, 3.05) is 20.3 Å². The number of methoxy groups -OCH3 is 1. The van der Waals surface area contributed by atoms with Crippen molar-refractivity contribution in [3.63, 3.8) is 0 Å². The van der Waals surface area contributed by atoms with Crippen molar-refractivity contribution >= 4 is 11.5 Å². The quantitative estimate of drug-likeness (QED) is 0.156. The van der Waals surface area contributed by atoms with Gasteiger partial charge in [-0.1, -0.05) is 43.7 Å². The molecule has 2 fully saturated rings. The van der Waals surface area contributed by atoms with E-state index in [-0.39, 0.29) is 5.60 Å². The lowest BCUT2D eigenvalue weighted by atomic mass is 9.69. The zero-order valence-corrected chi connectivity index (χ0v) is 27.2. The minimum Gasteiger partial charge on any atom is -0.493 e. The molecule has 1 aromatic carbocycles. The first-order valence-electron chi connectivity index (χ1n) is 16.4. The van der Waals surface area contributed by atoms with Crippen LogP contribution in [0.25, 0.3) is 5.57 Å². The Morgan fingerprint density at radius 2 is 1.71 bits per heavy atom. The fraction of sp³-hybridized carbons (Fsp3) is 0.649. The average Bonchev–Trinajstić information content (AvgIpc) is 3.38. The third-order valence-electron chi connectivity index (χ3n) is 9.75. The molecule has 2 aliphatic rings. The molecule has 2 saturated carbocycles. The molecule has 0 saturated heterocycles. The molecule has 1 N–H and O–H groups in total. The highest BCUT2D eigenvalue weighted by atomic mass is 16.5. The third-order valence-corrected chi connectivity index (χ3v) is 9.75. The number of hydrogen-bond acceptors (Lipinski definition) is 4. The molecule has 0 bridgehead atoms. The highest BCUT2D eigenvalue weighted by Crippen LogP contribution is 2.47. The van der Waals surface area contributed by atoms with Crippen LogP contribution >= 0.6 is 0 Å². The van der Waals surface area contributed by atoms with E-state index in [1.807, 2.05) is 27.9 Å². The number of rotatable bonds is 16. The van der Waals surface area contributed by atoms with Crippen LogP contribution in [0.4, 0.5) is 0 Å². The molecule has 2 atom stereocenters. The molecule has 0 spiro atoms. The van der Waals surface area contributed by atoms with E-state index in [0.29, 0.717) is 25.0 Å². The molecule has 234 valence electrons. The van der Waals surface area contributed by atoms with E-state index in [9.17, 15) is 9.90 Å². The van der Waals surface area contributed by atoms with Gasteiger partial charge in [-0.3, -0.25) is 4.79 Å². The zero-order chi connectivity index (χ0) is 30.8. The summed E-state index contributed by atoms with van der Waals surface area (Å²) < 4.78 is 18.6. The number of aliphatic carboxylic acids is 1. The number of hydrogen-bond donors (Lipinski definition) is 1. The Labute approximate surface area is 255 Å². The summed E-state index contributed by atoms with van der Waals surface area (Å²) in [4.78, 5) is 11.7. The second-order valence-corrected chi connectivity index (χ2v) is 12.8. The van der Waals surface area contributed by atoms with Gasteiger partial charge in [0.05, 0.1) is 29.8 Å². The largest absolute Gasteiger partial charge is 0.493 e. The number of carbonyl (C=O) groups is 1. The summed E-state index contributed by atoms with van der Waals surface area (Å²) in [6.45, 7) is 15.9. The Morgan fingerprint density at radius 1 is 1.07 bits per heavy atom. The first-order chi connectivity index (χ1) is 20.1. The SMILES string of the molecule is C=C(CC1(OC)CCC(CCc2cc(OCC)c(C(C=CCCC)=CC)c(OCC)c2)C1)C1CCC(C)(C(=O)O)CC1. The fourth-order valence-electron chi connectivity index (χ4n) is 6.98. The molecule has 42 heavy (non-hydrogen) atoms. The molecule has 2 aliphatic carbocycles. The predicted octanol–water partition coefficient (Wildman–Crippen LogP) is 9.59. The van der Waals surface area contributed by atoms with Gasteiger partial charge in [-0.25, -0.2) is 0 Å². The first kappa shape index (κ1) is 34.0. The van der Waals surface area contributed by atoms with Crippen LogP contribution in [0.15, 0.2) is 42.5 Å². The van der Waals surface area contributed by atoms with Crippen molar-refractivity contribution < 1.29 is 24.1 Å². The molecule has 0 radical (unpaired) electrons. The van der Waals surface area contributed by atoms with E-state index in [1.54, 1.807) is 0 Å². The zero-order valence-electron chi connectivity index (χ0n) is 27.2. The van der Waals surface area contributed by atoms with Gasteiger partial charge < -0.3 is 19.3 Å². The standard InChI is InChI=1S/C37H56O5/c1-8-12-13-14-30(9-2)34-32(41-10-3)23-29(24-33(34)42-11-4)16-15-28-17-22-37(26-28,40-7)25-27(5)31-18-20-36(6,21-19-31)35(38)39/h9,13-14,23-24,28,31H,5,8,10-12,15-22,25-26H2,1-4,6-7H3,(H,38,39). The monoisotopic (exact) mass is 580 g/mol. The lowest BCUT2D eigenvalue weighted by Gasteiger charge is -2.37. The number of aryl methyl sites for hydroxylation is 1. The summed E-state index contributed by atoms with van der Waals surface area (Å²) in [6.07, 6.45) is 18.2. The van der Waals surface area contributed by atoms with Gasteiger partial charge in [0.1, 0.15) is 11.5 Å². The number of carboxylic acid groups (broad SMARTS) is 1. The number of benzene rings is 1. The number of ether oxygens (including phenoxy) is 3. The molecule has 0 aliphatic heterocycles. The highest BCUT2D eigenvalue weighted by Gasteiger charge is 2.42. The van der Waals surface area contributed by atoms with Gasteiger partial charge in [0.25, 0.3) is 0 Å². The van der Waals surface area contributed by atoms with E-state index in [1.165, 1.54) is 11.1 Å². The number of unbranched alkanes of at least 4 members (excludes halogenated alkanes) is 1.